The lowest BCUT2D eigenvalue weighted by atomic mass is 9.95. The SMILES string of the molecule is Cc1ncc(CO)c(-c2nc3ccccn3c2NC2CCCCC2)c1OCc1ccccc1. The van der Waals surface area contributed by atoms with E-state index < -0.39 is 0 Å². The maximum atomic E-state index is 10.2. The zero-order valence-electron chi connectivity index (χ0n) is 19.0. The number of fused-ring (bicyclic) bond motifs is 1. The molecule has 2 N–H and O–H groups in total. The van der Waals surface area contributed by atoms with Crippen LogP contribution in [-0.4, -0.2) is 25.5 Å². The Bertz CT molecular complexity index is 1230. The second kappa shape index (κ2) is 9.63. The summed E-state index contributed by atoms with van der Waals surface area (Å²) in [6, 6.07) is 16.5. The molecular formula is C27H30N4O2. The molecule has 1 aliphatic rings. The van der Waals surface area contributed by atoms with Crippen LogP contribution in [0.15, 0.2) is 60.9 Å². The van der Waals surface area contributed by atoms with Crippen molar-refractivity contribution in [3.8, 4) is 17.0 Å². The highest BCUT2D eigenvalue weighted by atomic mass is 16.5. The number of nitrogens with zero attached hydrogens (tertiary/aromatic N) is 3. The first-order chi connectivity index (χ1) is 16.2. The van der Waals surface area contributed by atoms with Crippen LogP contribution in [0, 0.1) is 6.92 Å². The van der Waals surface area contributed by atoms with Gasteiger partial charge in [-0.05, 0) is 37.5 Å². The summed E-state index contributed by atoms with van der Waals surface area (Å²) >= 11 is 0. The van der Waals surface area contributed by atoms with E-state index in [1.54, 1.807) is 6.20 Å². The maximum Gasteiger partial charge on any atom is 0.150 e. The number of aryl methyl sites for hydroxylation is 1. The number of hydrogen-bond acceptors (Lipinski definition) is 5. The zero-order chi connectivity index (χ0) is 22.6. The Morgan fingerprint density at radius 2 is 1.85 bits per heavy atom. The summed E-state index contributed by atoms with van der Waals surface area (Å²) in [5.74, 6) is 1.61. The predicted molar refractivity (Wildman–Crippen MR) is 130 cm³/mol. The van der Waals surface area contributed by atoms with E-state index in [1.165, 1.54) is 19.3 Å². The minimum atomic E-state index is -0.138. The van der Waals surface area contributed by atoms with Crippen molar-refractivity contribution in [1.29, 1.82) is 0 Å². The van der Waals surface area contributed by atoms with Crippen molar-refractivity contribution >= 4 is 11.5 Å². The summed E-state index contributed by atoms with van der Waals surface area (Å²) in [6.45, 7) is 2.22. The van der Waals surface area contributed by atoms with Gasteiger partial charge >= 0.3 is 0 Å². The average Bonchev–Trinajstić information content (AvgIpc) is 3.22. The van der Waals surface area contributed by atoms with Crippen molar-refractivity contribution in [2.75, 3.05) is 5.32 Å². The summed E-state index contributed by atoms with van der Waals surface area (Å²) in [5.41, 5.74) is 5.02. The summed E-state index contributed by atoms with van der Waals surface area (Å²) in [5, 5.41) is 14.0. The van der Waals surface area contributed by atoms with Crippen molar-refractivity contribution in [1.82, 2.24) is 14.4 Å². The van der Waals surface area contributed by atoms with Crippen LogP contribution in [-0.2, 0) is 13.2 Å². The Morgan fingerprint density at radius 3 is 2.64 bits per heavy atom. The third kappa shape index (κ3) is 4.44. The van der Waals surface area contributed by atoms with Gasteiger partial charge in [-0.15, -0.1) is 0 Å². The number of benzene rings is 1. The molecule has 1 fully saturated rings. The maximum absolute atomic E-state index is 10.2. The van der Waals surface area contributed by atoms with Crippen molar-refractivity contribution < 1.29 is 9.84 Å². The fraction of sp³-hybridized carbons (Fsp3) is 0.333. The number of pyridine rings is 2. The van der Waals surface area contributed by atoms with Gasteiger partial charge in [0.25, 0.3) is 0 Å². The number of anilines is 1. The molecule has 0 aliphatic heterocycles. The van der Waals surface area contributed by atoms with Crippen LogP contribution in [0.3, 0.4) is 0 Å². The lowest BCUT2D eigenvalue weighted by Gasteiger charge is -2.24. The second-order valence-corrected chi connectivity index (χ2v) is 8.72. The molecule has 33 heavy (non-hydrogen) atoms. The van der Waals surface area contributed by atoms with E-state index >= 15 is 0 Å². The van der Waals surface area contributed by atoms with Gasteiger partial charge in [0.1, 0.15) is 23.8 Å². The minimum Gasteiger partial charge on any atom is -0.486 e. The van der Waals surface area contributed by atoms with Crippen LogP contribution >= 0.6 is 0 Å². The highest BCUT2D eigenvalue weighted by Gasteiger charge is 2.25. The third-order valence-electron chi connectivity index (χ3n) is 6.40. The first-order valence-corrected chi connectivity index (χ1v) is 11.7. The molecule has 3 heterocycles. The highest BCUT2D eigenvalue weighted by molar-refractivity contribution is 5.83. The number of aromatic nitrogens is 3. The smallest absolute Gasteiger partial charge is 0.150 e. The Balaban J connectivity index is 1.62. The number of hydrogen-bond donors (Lipinski definition) is 2. The van der Waals surface area contributed by atoms with E-state index in [-0.39, 0.29) is 6.61 Å². The van der Waals surface area contributed by atoms with Gasteiger partial charge in [0.15, 0.2) is 5.75 Å². The molecule has 0 unspecified atom stereocenters. The normalized spacial score (nSPS) is 14.5. The molecule has 1 aliphatic carbocycles. The molecule has 1 aromatic carbocycles. The van der Waals surface area contributed by atoms with Gasteiger partial charge in [-0.3, -0.25) is 9.38 Å². The fourth-order valence-corrected chi connectivity index (χ4v) is 4.66. The molecule has 3 aromatic heterocycles. The first kappa shape index (κ1) is 21.5. The van der Waals surface area contributed by atoms with Gasteiger partial charge in [-0.2, -0.15) is 0 Å². The summed E-state index contributed by atoms with van der Waals surface area (Å²) in [6.07, 6.45) is 9.85. The molecule has 4 aromatic rings. The molecule has 5 rings (SSSR count). The highest BCUT2D eigenvalue weighted by Crippen LogP contribution is 2.40. The van der Waals surface area contributed by atoms with Crippen LogP contribution in [0.4, 0.5) is 5.82 Å². The number of ether oxygens (including phenoxy) is 1. The molecule has 0 spiro atoms. The third-order valence-corrected chi connectivity index (χ3v) is 6.40. The quantitative estimate of drug-likeness (QED) is 0.394. The monoisotopic (exact) mass is 442 g/mol. The molecular weight excluding hydrogens is 412 g/mol. The van der Waals surface area contributed by atoms with E-state index in [2.05, 4.69) is 14.7 Å². The lowest BCUT2D eigenvalue weighted by molar-refractivity contribution is 0.277. The van der Waals surface area contributed by atoms with Gasteiger partial charge in [-0.25, -0.2) is 4.98 Å². The van der Waals surface area contributed by atoms with Crippen LogP contribution < -0.4 is 10.1 Å². The molecule has 0 amide bonds. The van der Waals surface area contributed by atoms with Crippen LogP contribution in [0.2, 0.25) is 0 Å². The fourth-order valence-electron chi connectivity index (χ4n) is 4.66. The molecule has 6 nitrogen and oxygen atoms in total. The predicted octanol–water partition coefficient (Wildman–Crippen LogP) is 5.52. The topological polar surface area (TPSA) is 71.7 Å². The summed E-state index contributed by atoms with van der Waals surface area (Å²) in [7, 11) is 0. The van der Waals surface area contributed by atoms with Crippen LogP contribution in [0.1, 0.15) is 48.9 Å². The average molecular weight is 443 g/mol. The Morgan fingerprint density at radius 1 is 1.06 bits per heavy atom. The number of nitrogens with one attached hydrogen (secondary N) is 1. The molecule has 0 atom stereocenters. The van der Waals surface area contributed by atoms with E-state index in [1.807, 2.05) is 61.7 Å². The Kier molecular flexibility index (Phi) is 6.26. The standard InChI is InChI=1S/C27H30N4O2/c1-19-26(33-18-20-10-4-2-5-11-20)24(21(17-32)16-28-19)25-27(29-22-12-6-3-7-13-22)31-15-9-8-14-23(31)30-25/h2,4-5,8-11,14-16,22,29,32H,3,6-7,12-13,17-18H2,1H3. The van der Waals surface area contributed by atoms with E-state index in [0.29, 0.717) is 24.0 Å². The Hall–Kier alpha value is -3.38. The molecule has 1 saturated carbocycles. The number of rotatable bonds is 7. The molecule has 6 heteroatoms. The van der Waals surface area contributed by atoms with Crippen molar-refractivity contribution in [3.63, 3.8) is 0 Å². The zero-order valence-corrected chi connectivity index (χ0v) is 19.0. The molecule has 0 radical (unpaired) electrons. The van der Waals surface area contributed by atoms with E-state index in [4.69, 9.17) is 9.72 Å². The van der Waals surface area contributed by atoms with Crippen molar-refractivity contribution in [2.45, 2.75) is 58.3 Å². The molecule has 0 saturated heterocycles. The number of imidazole rings is 1. The summed E-state index contributed by atoms with van der Waals surface area (Å²) < 4.78 is 8.44. The molecule has 0 bridgehead atoms. The minimum absolute atomic E-state index is 0.138. The van der Waals surface area contributed by atoms with E-state index in [0.717, 1.165) is 46.8 Å². The van der Waals surface area contributed by atoms with Gasteiger partial charge in [0.2, 0.25) is 0 Å². The van der Waals surface area contributed by atoms with Gasteiger partial charge in [0, 0.05) is 24.0 Å². The molecule has 170 valence electrons. The van der Waals surface area contributed by atoms with E-state index in [9.17, 15) is 5.11 Å². The van der Waals surface area contributed by atoms with Gasteiger partial charge < -0.3 is 15.2 Å². The van der Waals surface area contributed by atoms with Crippen LogP contribution in [0.5, 0.6) is 5.75 Å². The first-order valence-electron chi connectivity index (χ1n) is 11.7. The Labute approximate surface area is 194 Å². The largest absolute Gasteiger partial charge is 0.486 e. The summed E-state index contributed by atoms with van der Waals surface area (Å²) in [4.78, 5) is 9.50. The number of aliphatic hydroxyl groups excluding tert-OH is 1. The second-order valence-electron chi connectivity index (χ2n) is 8.72. The van der Waals surface area contributed by atoms with Gasteiger partial charge in [0.05, 0.1) is 17.9 Å². The number of aliphatic hydroxyl groups is 1. The van der Waals surface area contributed by atoms with Crippen molar-refractivity contribution in [3.05, 3.63) is 77.7 Å². The van der Waals surface area contributed by atoms with Gasteiger partial charge in [-0.1, -0.05) is 55.7 Å². The van der Waals surface area contributed by atoms with Crippen LogP contribution in [0.25, 0.3) is 16.9 Å². The lowest BCUT2D eigenvalue weighted by Crippen LogP contribution is -2.23. The van der Waals surface area contributed by atoms with Crippen molar-refractivity contribution in [2.24, 2.45) is 0 Å².